The molecule has 0 fully saturated rings. The third kappa shape index (κ3) is 56.2. The lowest BCUT2D eigenvalue weighted by Gasteiger charge is -2.18. The molecule has 0 aliphatic heterocycles. The fourth-order valence-electron chi connectivity index (χ4n) is 8.66. The Morgan fingerprint density at radius 3 is 1.06 bits per heavy atom. The Balaban J connectivity index is 4.28. The Bertz CT molecular complexity index is 1170. The van der Waals surface area contributed by atoms with E-state index in [1.54, 1.807) is 0 Å². The van der Waals surface area contributed by atoms with Crippen molar-refractivity contribution in [2.24, 2.45) is 0 Å². The van der Waals surface area contributed by atoms with E-state index in [0.717, 1.165) is 83.5 Å². The molecule has 0 aliphatic rings. The maximum absolute atomic E-state index is 12.9. The summed E-state index contributed by atoms with van der Waals surface area (Å²) in [7, 11) is 0. The van der Waals surface area contributed by atoms with Crippen LogP contribution >= 0.6 is 0 Å². The zero-order valence-corrected chi connectivity index (χ0v) is 45.6. The summed E-state index contributed by atoms with van der Waals surface area (Å²) in [5.41, 5.74) is 0. The van der Waals surface area contributed by atoms with Gasteiger partial charge in [0.15, 0.2) is 6.10 Å². The highest BCUT2D eigenvalue weighted by Gasteiger charge is 2.17. The predicted molar refractivity (Wildman–Crippen MR) is 298 cm³/mol. The van der Waals surface area contributed by atoms with E-state index < -0.39 is 6.10 Å². The first kappa shape index (κ1) is 65.6. The molecule has 0 saturated carbocycles. The van der Waals surface area contributed by atoms with Gasteiger partial charge in [-0.05, 0) is 64.2 Å². The van der Waals surface area contributed by atoms with Gasteiger partial charge in [0.25, 0.3) is 0 Å². The number of carbonyl (C=O) groups is 2. The summed E-state index contributed by atoms with van der Waals surface area (Å²) in [5.74, 6) is -0.417. The summed E-state index contributed by atoms with van der Waals surface area (Å²) in [6.45, 7) is 7.74. The number of hydrogen-bond acceptors (Lipinski definition) is 5. The fourth-order valence-corrected chi connectivity index (χ4v) is 8.66. The van der Waals surface area contributed by atoms with E-state index in [4.69, 9.17) is 14.2 Å². The van der Waals surface area contributed by atoms with Crippen molar-refractivity contribution in [2.75, 3.05) is 19.8 Å². The molecular weight excluding hydrogens is 837 g/mol. The van der Waals surface area contributed by atoms with Crippen molar-refractivity contribution in [1.29, 1.82) is 0 Å². The van der Waals surface area contributed by atoms with Crippen molar-refractivity contribution in [3.63, 3.8) is 0 Å². The number of unbranched alkanes of at least 4 members (excludes halogenated alkanes) is 34. The third-order valence-corrected chi connectivity index (χ3v) is 13.1. The second kappa shape index (κ2) is 58.9. The van der Waals surface area contributed by atoms with Crippen LogP contribution in [0.25, 0.3) is 0 Å². The van der Waals surface area contributed by atoms with Gasteiger partial charge < -0.3 is 14.2 Å². The Hall–Kier alpha value is -2.40. The van der Waals surface area contributed by atoms with Gasteiger partial charge in [0.1, 0.15) is 6.61 Å². The van der Waals surface area contributed by atoms with Gasteiger partial charge in [-0.25, -0.2) is 0 Å². The Labute approximate surface area is 424 Å². The van der Waals surface area contributed by atoms with Crippen molar-refractivity contribution < 1.29 is 23.8 Å². The molecule has 5 heteroatoms. The number of hydrogen-bond donors (Lipinski definition) is 0. The van der Waals surface area contributed by atoms with E-state index >= 15 is 0 Å². The quantitative estimate of drug-likeness (QED) is 0.0345. The van der Waals surface area contributed by atoms with E-state index in [9.17, 15) is 9.59 Å². The van der Waals surface area contributed by atoms with Gasteiger partial charge in [-0.3, -0.25) is 9.59 Å². The summed E-state index contributed by atoms with van der Waals surface area (Å²) in [6, 6.07) is 0. The lowest BCUT2D eigenvalue weighted by atomic mass is 10.0. The summed E-state index contributed by atoms with van der Waals surface area (Å²) in [4.78, 5) is 25.5. The van der Waals surface area contributed by atoms with Crippen LogP contribution in [0.3, 0.4) is 0 Å². The molecule has 0 aromatic heterocycles. The molecular formula is C63H114O5. The molecule has 5 nitrogen and oxygen atoms in total. The van der Waals surface area contributed by atoms with E-state index in [0.29, 0.717) is 19.4 Å². The number of esters is 2. The van der Waals surface area contributed by atoms with Crippen molar-refractivity contribution in [2.45, 2.75) is 309 Å². The Morgan fingerprint density at radius 2 is 0.662 bits per heavy atom. The van der Waals surface area contributed by atoms with Crippen molar-refractivity contribution in [3.8, 4) is 0 Å². The van der Waals surface area contributed by atoms with Crippen LogP contribution in [-0.2, 0) is 23.8 Å². The second-order valence-electron chi connectivity index (χ2n) is 19.9. The standard InChI is InChI=1S/C63H114O5/c1-4-7-10-13-16-19-22-25-28-30-32-34-36-38-41-44-47-50-53-56-62(64)67-60-61(59-66-58-55-52-49-46-43-40-27-24-21-18-15-12-9-6-3)68-63(65)57-54-51-48-45-42-39-37-35-33-31-29-26-23-20-17-14-11-8-5-2/h7,10,16,19,25,28,32,34,38,41,61H,4-6,8-9,11-15,17-18,20-24,26-27,29-31,33,35-37,39-40,42-60H2,1-3H3/b10-7-,19-16-,28-25-,34-32-,41-38-. The molecule has 0 heterocycles. The molecule has 0 saturated heterocycles. The predicted octanol–water partition coefficient (Wildman–Crippen LogP) is 20.5. The summed E-state index contributed by atoms with van der Waals surface area (Å²) in [5, 5.41) is 0. The zero-order chi connectivity index (χ0) is 49.2. The van der Waals surface area contributed by atoms with Crippen LogP contribution in [0.1, 0.15) is 303 Å². The van der Waals surface area contributed by atoms with Gasteiger partial charge in [0, 0.05) is 19.4 Å². The average Bonchev–Trinajstić information content (AvgIpc) is 3.34. The van der Waals surface area contributed by atoms with Crippen LogP contribution in [-0.4, -0.2) is 37.9 Å². The molecule has 0 N–H and O–H groups in total. The van der Waals surface area contributed by atoms with Crippen LogP contribution in [0.4, 0.5) is 0 Å². The first-order valence-electron chi connectivity index (χ1n) is 29.8. The largest absolute Gasteiger partial charge is 0.462 e. The lowest BCUT2D eigenvalue weighted by molar-refractivity contribution is -0.163. The number of ether oxygens (including phenoxy) is 3. The highest BCUT2D eigenvalue weighted by molar-refractivity contribution is 5.70. The van der Waals surface area contributed by atoms with Crippen LogP contribution in [0.5, 0.6) is 0 Å². The van der Waals surface area contributed by atoms with Gasteiger partial charge in [-0.15, -0.1) is 0 Å². The normalized spacial score (nSPS) is 12.6. The summed E-state index contributed by atoms with van der Waals surface area (Å²) < 4.78 is 17.5. The van der Waals surface area contributed by atoms with Gasteiger partial charge in [0.2, 0.25) is 0 Å². The van der Waals surface area contributed by atoms with E-state index in [-0.39, 0.29) is 25.2 Å². The molecule has 1 atom stereocenters. The monoisotopic (exact) mass is 951 g/mol. The van der Waals surface area contributed by atoms with Crippen molar-refractivity contribution in [1.82, 2.24) is 0 Å². The van der Waals surface area contributed by atoms with Crippen molar-refractivity contribution >= 4 is 11.9 Å². The van der Waals surface area contributed by atoms with Gasteiger partial charge in [0.05, 0.1) is 6.61 Å². The minimum Gasteiger partial charge on any atom is -0.462 e. The topological polar surface area (TPSA) is 61.8 Å². The third-order valence-electron chi connectivity index (χ3n) is 13.1. The highest BCUT2D eigenvalue weighted by Crippen LogP contribution is 2.17. The first-order chi connectivity index (χ1) is 33.6. The summed E-state index contributed by atoms with van der Waals surface area (Å²) >= 11 is 0. The minimum atomic E-state index is -0.547. The maximum atomic E-state index is 12.9. The summed E-state index contributed by atoms with van der Waals surface area (Å²) in [6.07, 6.45) is 75.3. The van der Waals surface area contributed by atoms with E-state index in [1.807, 2.05) is 0 Å². The van der Waals surface area contributed by atoms with Crippen LogP contribution in [0.2, 0.25) is 0 Å². The lowest BCUT2D eigenvalue weighted by Crippen LogP contribution is -2.30. The van der Waals surface area contributed by atoms with Crippen LogP contribution < -0.4 is 0 Å². The molecule has 0 aromatic rings. The molecule has 0 rings (SSSR count). The van der Waals surface area contributed by atoms with Gasteiger partial charge in [-0.2, -0.15) is 0 Å². The molecule has 0 aromatic carbocycles. The molecule has 1 unspecified atom stereocenters. The molecule has 0 spiro atoms. The maximum Gasteiger partial charge on any atom is 0.306 e. The first-order valence-corrected chi connectivity index (χ1v) is 29.8. The smallest absolute Gasteiger partial charge is 0.306 e. The van der Waals surface area contributed by atoms with E-state index in [1.165, 1.54) is 186 Å². The molecule has 0 aliphatic carbocycles. The SMILES string of the molecule is CC/C=C\C/C=C\C/C=C\C/C=C\C/C=C\CCCCCC(=O)OCC(COCCCCCCCCCCCCCCCC)OC(=O)CCCCCCCCCCCCCCCCCCCCC. The molecule has 68 heavy (non-hydrogen) atoms. The van der Waals surface area contributed by atoms with Crippen molar-refractivity contribution in [3.05, 3.63) is 60.8 Å². The van der Waals surface area contributed by atoms with Crippen LogP contribution in [0.15, 0.2) is 60.8 Å². The van der Waals surface area contributed by atoms with Gasteiger partial charge in [-0.1, -0.05) is 287 Å². The molecule has 0 radical (unpaired) electrons. The number of allylic oxidation sites excluding steroid dienone is 10. The van der Waals surface area contributed by atoms with Gasteiger partial charge >= 0.3 is 11.9 Å². The molecule has 396 valence electrons. The second-order valence-corrected chi connectivity index (χ2v) is 19.9. The zero-order valence-electron chi connectivity index (χ0n) is 45.6. The minimum absolute atomic E-state index is 0.0720. The Kier molecular flexibility index (Phi) is 56.8. The number of carbonyl (C=O) groups excluding carboxylic acids is 2. The Morgan fingerprint density at radius 1 is 0.338 bits per heavy atom. The van der Waals surface area contributed by atoms with E-state index in [2.05, 4.69) is 81.5 Å². The highest BCUT2D eigenvalue weighted by atomic mass is 16.6. The fraction of sp³-hybridized carbons (Fsp3) is 0.810. The average molecular weight is 952 g/mol. The molecule has 0 amide bonds. The molecule has 0 bridgehead atoms. The number of rotatable bonds is 55. The van der Waals surface area contributed by atoms with Crippen LogP contribution in [0, 0.1) is 0 Å².